The third-order valence-corrected chi connectivity index (χ3v) is 2.67. The molecule has 0 aliphatic rings. The highest BCUT2D eigenvalue weighted by Gasteiger charge is 2.33. The van der Waals surface area contributed by atoms with E-state index in [1.54, 1.807) is 6.92 Å². The zero-order valence-electron chi connectivity index (χ0n) is 11.3. The molecule has 6 N–H and O–H groups in total. The van der Waals surface area contributed by atoms with Gasteiger partial charge in [0.05, 0.1) is 0 Å². The van der Waals surface area contributed by atoms with Crippen molar-refractivity contribution in [1.29, 1.82) is 5.41 Å². The van der Waals surface area contributed by atoms with Crippen LogP contribution in [0.25, 0.3) is 0 Å². The molecule has 0 aliphatic carbocycles. The van der Waals surface area contributed by atoms with Crippen molar-refractivity contribution in [2.45, 2.75) is 51.6 Å². The summed E-state index contributed by atoms with van der Waals surface area (Å²) in [5.74, 6) is -0.487. The van der Waals surface area contributed by atoms with E-state index >= 15 is 0 Å². The first-order valence-electron chi connectivity index (χ1n) is 5.64. The van der Waals surface area contributed by atoms with Gasteiger partial charge in [0.1, 0.15) is 11.4 Å². The molecular weight excluding hydrogens is 236 g/mol. The van der Waals surface area contributed by atoms with Crippen LogP contribution in [0.2, 0.25) is 0 Å². The third-order valence-electron chi connectivity index (χ3n) is 2.67. The van der Waals surface area contributed by atoms with Gasteiger partial charge in [0.2, 0.25) is 0 Å². The van der Waals surface area contributed by atoms with Crippen LogP contribution in [0.1, 0.15) is 40.5 Å². The Labute approximate surface area is 106 Å². The molecule has 0 fully saturated rings. The van der Waals surface area contributed by atoms with Gasteiger partial charge in [-0.1, -0.05) is 13.3 Å². The molecule has 0 rings (SSSR count). The Balaban J connectivity index is 5.23. The summed E-state index contributed by atoms with van der Waals surface area (Å²) < 4.78 is 0. The maximum atomic E-state index is 10.7. The highest BCUT2D eigenvalue weighted by atomic mass is 16.8. The van der Waals surface area contributed by atoms with Crippen LogP contribution in [0.3, 0.4) is 0 Å². The van der Waals surface area contributed by atoms with Gasteiger partial charge in [0, 0.05) is 0 Å². The van der Waals surface area contributed by atoms with E-state index < -0.39 is 16.0 Å². The Hall–Kier alpha value is -1.86. The van der Waals surface area contributed by atoms with Gasteiger partial charge in [0.15, 0.2) is 5.54 Å². The van der Waals surface area contributed by atoms with Crippen molar-refractivity contribution in [2.75, 3.05) is 0 Å². The van der Waals surface area contributed by atoms with Crippen LogP contribution >= 0.6 is 0 Å². The first kappa shape index (κ1) is 16.1. The lowest BCUT2D eigenvalue weighted by Crippen LogP contribution is -2.43. The summed E-state index contributed by atoms with van der Waals surface area (Å²) in [5.41, 5.74) is 8.82. The van der Waals surface area contributed by atoms with Crippen molar-refractivity contribution in [3.63, 3.8) is 0 Å². The Kier molecular flexibility index (Phi) is 5.07. The Morgan fingerprint density at radius 2 is 1.83 bits per heavy atom. The van der Waals surface area contributed by atoms with Crippen molar-refractivity contribution in [3.8, 4) is 0 Å². The van der Waals surface area contributed by atoms with Crippen molar-refractivity contribution in [1.82, 2.24) is 0 Å². The Bertz CT molecular complexity index is 373. The lowest BCUT2D eigenvalue weighted by molar-refractivity contribution is -0.728. The summed E-state index contributed by atoms with van der Waals surface area (Å²) in [6.07, 6.45) is 1.34. The van der Waals surface area contributed by atoms with Crippen molar-refractivity contribution < 1.29 is 10.1 Å². The molecular formula is C10H22N6O2. The second-order valence-corrected chi connectivity index (χ2v) is 4.85. The molecule has 0 aliphatic heterocycles. The van der Waals surface area contributed by atoms with E-state index in [4.69, 9.17) is 22.1 Å². The molecule has 1 unspecified atom stereocenters. The lowest BCUT2D eigenvalue weighted by Gasteiger charge is -2.23. The molecule has 0 aromatic heterocycles. The molecule has 0 heterocycles. The van der Waals surface area contributed by atoms with E-state index in [1.165, 1.54) is 13.8 Å². The molecule has 0 radical (unpaired) electrons. The summed E-state index contributed by atoms with van der Waals surface area (Å²) in [4.78, 5) is -0.441. The van der Waals surface area contributed by atoms with Crippen molar-refractivity contribution in [2.24, 2.45) is 21.7 Å². The molecule has 8 heteroatoms. The maximum Gasteiger partial charge on any atom is 0.317 e. The molecule has 0 bridgehead atoms. The summed E-state index contributed by atoms with van der Waals surface area (Å²) in [6, 6.07) is 0. The number of hydrogen-bond acceptors (Lipinski definition) is 5. The standard InChI is InChI=1S/C10H22N6O2/c1-5-6-10(4,7(11)12)15-14-9(2,3)8(13)16(17)18/h5-6,13H2,1-4H3,(H3,11,12)(H,17,18). The minimum atomic E-state index is -1.17. The molecule has 1 atom stereocenters. The number of amidine groups is 2. The SMILES string of the molecule is CCCC(C)(N=NC(C)(C)C(N)=[N+]([O-])O)C(=N)N. The van der Waals surface area contributed by atoms with Crippen molar-refractivity contribution >= 4 is 11.7 Å². The highest BCUT2D eigenvalue weighted by Crippen LogP contribution is 2.21. The van der Waals surface area contributed by atoms with Crippen LogP contribution in [-0.4, -0.2) is 32.9 Å². The van der Waals surface area contributed by atoms with E-state index in [0.29, 0.717) is 6.42 Å². The molecule has 0 aromatic carbocycles. The Morgan fingerprint density at radius 3 is 2.17 bits per heavy atom. The minimum absolute atomic E-state index is 0.106. The first-order chi connectivity index (χ1) is 8.07. The first-order valence-corrected chi connectivity index (χ1v) is 5.64. The zero-order chi connectivity index (χ0) is 14.6. The van der Waals surface area contributed by atoms with Crippen LogP contribution in [0, 0.1) is 10.6 Å². The van der Waals surface area contributed by atoms with Crippen molar-refractivity contribution in [3.05, 3.63) is 5.21 Å². The number of nitrogens with one attached hydrogen (secondary N) is 1. The van der Waals surface area contributed by atoms with E-state index in [1.807, 2.05) is 6.92 Å². The molecule has 104 valence electrons. The fourth-order valence-electron chi connectivity index (χ4n) is 1.25. The molecule has 18 heavy (non-hydrogen) atoms. The van der Waals surface area contributed by atoms with Crippen LogP contribution in [-0.2, 0) is 0 Å². The fraction of sp³-hybridized carbons (Fsp3) is 0.800. The zero-order valence-corrected chi connectivity index (χ0v) is 11.3. The number of rotatable bonds is 6. The second kappa shape index (κ2) is 5.65. The van der Waals surface area contributed by atoms with E-state index in [0.717, 1.165) is 6.42 Å². The van der Waals surface area contributed by atoms with Gasteiger partial charge >= 0.3 is 5.84 Å². The quantitative estimate of drug-likeness (QED) is 0.140. The normalized spacial score (nSPS) is 17.3. The fourth-order valence-corrected chi connectivity index (χ4v) is 1.25. The molecule has 0 spiro atoms. The predicted molar refractivity (Wildman–Crippen MR) is 68.8 cm³/mol. The number of azo groups is 1. The van der Waals surface area contributed by atoms with Gasteiger partial charge in [-0.2, -0.15) is 10.2 Å². The maximum absolute atomic E-state index is 10.7. The number of nitrogens with two attached hydrogens (primary N) is 2. The number of hydrogen-bond donors (Lipinski definition) is 4. The van der Waals surface area contributed by atoms with Crippen LogP contribution in [0.15, 0.2) is 10.2 Å². The topological polar surface area (TPSA) is 147 Å². The smallest absolute Gasteiger partial charge is 0.317 e. The summed E-state index contributed by atoms with van der Waals surface area (Å²) in [5, 5.41) is 34.9. The third kappa shape index (κ3) is 3.86. The molecule has 0 amide bonds. The van der Waals surface area contributed by atoms with Gasteiger partial charge in [-0.15, -0.1) is 0 Å². The average molecular weight is 258 g/mol. The average Bonchev–Trinajstić information content (AvgIpc) is 2.25. The van der Waals surface area contributed by atoms with Gasteiger partial charge in [-0.25, -0.2) is 0 Å². The van der Waals surface area contributed by atoms with E-state index in [2.05, 4.69) is 10.2 Å². The van der Waals surface area contributed by atoms with Gasteiger partial charge in [-0.3, -0.25) is 11.1 Å². The molecule has 0 aromatic rings. The van der Waals surface area contributed by atoms with E-state index in [9.17, 15) is 5.21 Å². The van der Waals surface area contributed by atoms with Gasteiger partial charge in [-0.05, 0) is 32.1 Å². The molecule has 8 nitrogen and oxygen atoms in total. The molecule has 0 saturated carbocycles. The van der Waals surface area contributed by atoms with Crippen LogP contribution < -0.4 is 11.5 Å². The largest absolute Gasteiger partial charge is 0.490 e. The summed E-state index contributed by atoms with van der Waals surface area (Å²) in [6.45, 7) is 6.68. The van der Waals surface area contributed by atoms with Gasteiger partial charge in [0.25, 0.3) is 0 Å². The predicted octanol–water partition coefficient (Wildman–Crippen LogP) is 0.969. The van der Waals surface area contributed by atoms with Crippen LogP contribution in [0.5, 0.6) is 0 Å². The summed E-state index contributed by atoms with van der Waals surface area (Å²) >= 11 is 0. The second-order valence-electron chi connectivity index (χ2n) is 4.85. The monoisotopic (exact) mass is 258 g/mol. The Morgan fingerprint density at radius 1 is 1.33 bits per heavy atom. The number of nitrogens with zero attached hydrogens (tertiary/aromatic N) is 3. The van der Waals surface area contributed by atoms with Gasteiger partial charge < -0.3 is 16.1 Å². The minimum Gasteiger partial charge on any atom is -0.490 e. The van der Waals surface area contributed by atoms with E-state index in [-0.39, 0.29) is 11.7 Å². The lowest BCUT2D eigenvalue weighted by atomic mass is 9.96. The summed E-state index contributed by atoms with van der Waals surface area (Å²) in [7, 11) is 0. The highest BCUT2D eigenvalue weighted by molar-refractivity contribution is 5.87. The van der Waals surface area contributed by atoms with Crippen LogP contribution in [0.4, 0.5) is 0 Å². The molecule has 0 saturated heterocycles.